The molecule has 0 saturated carbocycles. The Morgan fingerprint density at radius 3 is 2.46 bits per heavy atom. The van der Waals surface area contributed by atoms with E-state index in [0.717, 1.165) is 0 Å². The molecule has 0 aromatic heterocycles. The standard InChI is InChI=1S/C8H17N3OS/c1-8(2,3)11-6(12)5-13-7(9)10-4/h5H2,1-4H3,(H2,9,10)(H,11,12). The second kappa shape index (κ2) is 5.11. The first-order chi connectivity index (χ1) is 5.85. The average Bonchev–Trinajstić information content (AvgIpc) is 1.97. The van der Waals surface area contributed by atoms with E-state index >= 15 is 0 Å². The van der Waals surface area contributed by atoms with Gasteiger partial charge in [-0.2, -0.15) is 0 Å². The topological polar surface area (TPSA) is 67.5 Å². The molecule has 1 amide bonds. The van der Waals surface area contributed by atoms with Gasteiger partial charge in [0.2, 0.25) is 5.91 Å². The first kappa shape index (κ1) is 12.3. The molecule has 0 fully saturated rings. The van der Waals surface area contributed by atoms with E-state index in [0.29, 0.717) is 10.9 Å². The lowest BCUT2D eigenvalue weighted by atomic mass is 10.1. The van der Waals surface area contributed by atoms with Crippen LogP contribution in [0.2, 0.25) is 0 Å². The van der Waals surface area contributed by atoms with Crippen molar-refractivity contribution in [3.63, 3.8) is 0 Å². The Kier molecular flexibility index (Phi) is 4.83. The number of nitrogens with two attached hydrogens (primary N) is 1. The van der Waals surface area contributed by atoms with E-state index in [2.05, 4.69) is 10.3 Å². The largest absolute Gasteiger partial charge is 0.379 e. The molecule has 0 radical (unpaired) electrons. The number of hydrogen-bond donors (Lipinski definition) is 2. The van der Waals surface area contributed by atoms with Gasteiger partial charge in [0.15, 0.2) is 5.17 Å². The highest BCUT2D eigenvalue weighted by Crippen LogP contribution is 2.02. The minimum atomic E-state index is -0.185. The van der Waals surface area contributed by atoms with E-state index in [1.807, 2.05) is 20.8 Å². The molecule has 3 N–H and O–H groups in total. The van der Waals surface area contributed by atoms with Crippen molar-refractivity contribution in [2.45, 2.75) is 26.3 Å². The van der Waals surface area contributed by atoms with E-state index in [-0.39, 0.29) is 11.4 Å². The number of thioether (sulfide) groups is 1. The van der Waals surface area contributed by atoms with Crippen LogP contribution in [0.4, 0.5) is 0 Å². The van der Waals surface area contributed by atoms with Crippen molar-refractivity contribution in [1.29, 1.82) is 0 Å². The Hall–Kier alpha value is -0.710. The van der Waals surface area contributed by atoms with Gasteiger partial charge in [-0.05, 0) is 20.8 Å². The normalized spacial score (nSPS) is 12.8. The summed E-state index contributed by atoms with van der Waals surface area (Å²) < 4.78 is 0. The molecule has 0 aromatic rings. The summed E-state index contributed by atoms with van der Waals surface area (Å²) >= 11 is 1.24. The molecule has 0 aliphatic rings. The average molecular weight is 203 g/mol. The predicted molar refractivity (Wildman–Crippen MR) is 57.9 cm³/mol. The van der Waals surface area contributed by atoms with Crippen LogP contribution >= 0.6 is 11.8 Å². The van der Waals surface area contributed by atoms with Crippen LogP contribution in [0.5, 0.6) is 0 Å². The van der Waals surface area contributed by atoms with Crippen LogP contribution in [0, 0.1) is 0 Å². The summed E-state index contributed by atoms with van der Waals surface area (Å²) in [6.45, 7) is 5.81. The minimum Gasteiger partial charge on any atom is -0.379 e. The summed E-state index contributed by atoms with van der Waals surface area (Å²) in [7, 11) is 1.60. The molecule has 0 heterocycles. The Morgan fingerprint density at radius 2 is 2.08 bits per heavy atom. The van der Waals surface area contributed by atoms with E-state index < -0.39 is 0 Å². The molecule has 0 aliphatic carbocycles. The van der Waals surface area contributed by atoms with Crippen molar-refractivity contribution in [3.8, 4) is 0 Å². The molecular formula is C8H17N3OS. The Labute approximate surface area is 83.4 Å². The molecule has 13 heavy (non-hydrogen) atoms. The molecule has 0 bridgehead atoms. The molecule has 0 atom stereocenters. The van der Waals surface area contributed by atoms with E-state index in [4.69, 9.17) is 5.73 Å². The van der Waals surface area contributed by atoms with Crippen LogP contribution < -0.4 is 11.1 Å². The second-order valence-corrected chi connectivity index (χ2v) is 4.64. The summed E-state index contributed by atoms with van der Waals surface area (Å²) in [5.41, 5.74) is 5.23. The summed E-state index contributed by atoms with van der Waals surface area (Å²) in [4.78, 5) is 15.0. The summed E-state index contributed by atoms with van der Waals surface area (Å²) in [6.07, 6.45) is 0. The van der Waals surface area contributed by atoms with Gasteiger partial charge in [0.1, 0.15) is 0 Å². The fourth-order valence-electron chi connectivity index (χ4n) is 0.658. The van der Waals surface area contributed by atoms with Crippen LogP contribution in [-0.2, 0) is 4.79 Å². The maximum atomic E-state index is 11.2. The molecule has 0 rings (SSSR count). The fraction of sp³-hybridized carbons (Fsp3) is 0.750. The van der Waals surface area contributed by atoms with Gasteiger partial charge in [-0.25, -0.2) is 0 Å². The maximum absolute atomic E-state index is 11.2. The van der Waals surface area contributed by atoms with Crippen molar-refractivity contribution in [2.24, 2.45) is 10.7 Å². The number of nitrogens with one attached hydrogen (secondary N) is 1. The number of amides is 1. The van der Waals surface area contributed by atoms with Gasteiger partial charge in [0, 0.05) is 12.6 Å². The van der Waals surface area contributed by atoms with Crippen LogP contribution in [-0.4, -0.2) is 29.4 Å². The number of carbonyl (C=O) groups is 1. The van der Waals surface area contributed by atoms with Gasteiger partial charge in [0.05, 0.1) is 5.75 Å². The Morgan fingerprint density at radius 1 is 1.54 bits per heavy atom. The van der Waals surface area contributed by atoms with Gasteiger partial charge < -0.3 is 11.1 Å². The number of hydrogen-bond acceptors (Lipinski definition) is 3. The quantitative estimate of drug-likeness (QED) is 0.509. The van der Waals surface area contributed by atoms with Crippen molar-refractivity contribution in [3.05, 3.63) is 0 Å². The van der Waals surface area contributed by atoms with Crippen LogP contribution in [0.3, 0.4) is 0 Å². The lowest BCUT2D eigenvalue weighted by Crippen LogP contribution is -2.41. The molecule has 4 nitrogen and oxygen atoms in total. The highest BCUT2D eigenvalue weighted by Gasteiger charge is 2.13. The first-order valence-corrected chi connectivity index (χ1v) is 5.00. The third-order valence-electron chi connectivity index (χ3n) is 1.09. The van der Waals surface area contributed by atoms with Crippen LogP contribution in [0.1, 0.15) is 20.8 Å². The number of rotatable bonds is 2. The molecule has 76 valence electrons. The van der Waals surface area contributed by atoms with Crippen molar-refractivity contribution in [1.82, 2.24) is 5.32 Å². The molecular weight excluding hydrogens is 186 g/mol. The van der Waals surface area contributed by atoms with Gasteiger partial charge in [0.25, 0.3) is 0 Å². The van der Waals surface area contributed by atoms with Crippen molar-refractivity contribution in [2.75, 3.05) is 12.8 Å². The molecule has 0 unspecified atom stereocenters. The van der Waals surface area contributed by atoms with E-state index in [1.54, 1.807) is 7.05 Å². The molecule has 0 saturated heterocycles. The Balaban J connectivity index is 3.77. The zero-order valence-corrected chi connectivity index (χ0v) is 9.36. The number of nitrogens with zero attached hydrogens (tertiary/aromatic N) is 1. The molecule has 0 aromatic carbocycles. The van der Waals surface area contributed by atoms with Gasteiger partial charge in [-0.3, -0.25) is 9.79 Å². The zero-order chi connectivity index (χ0) is 10.5. The van der Waals surface area contributed by atoms with Gasteiger partial charge >= 0.3 is 0 Å². The third kappa shape index (κ3) is 7.64. The SMILES string of the molecule is CN=C(N)SCC(=O)NC(C)(C)C. The molecule has 5 heteroatoms. The Bertz CT molecular complexity index is 208. The van der Waals surface area contributed by atoms with E-state index in [1.165, 1.54) is 11.8 Å². The van der Waals surface area contributed by atoms with Crippen molar-refractivity contribution < 1.29 is 4.79 Å². The summed E-state index contributed by atoms with van der Waals surface area (Å²) in [5.74, 6) is 0.296. The summed E-state index contributed by atoms with van der Waals surface area (Å²) in [6, 6.07) is 0. The third-order valence-corrected chi connectivity index (χ3v) is 1.97. The molecule has 0 spiro atoms. The number of carbonyl (C=O) groups excluding carboxylic acids is 1. The smallest absolute Gasteiger partial charge is 0.230 e. The zero-order valence-electron chi connectivity index (χ0n) is 8.55. The fourth-order valence-corrected chi connectivity index (χ4v) is 1.14. The maximum Gasteiger partial charge on any atom is 0.230 e. The molecule has 0 aliphatic heterocycles. The first-order valence-electron chi connectivity index (χ1n) is 4.01. The van der Waals surface area contributed by atoms with Gasteiger partial charge in [-0.1, -0.05) is 11.8 Å². The monoisotopic (exact) mass is 203 g/mol. The van der Waals surface area contributed by atoms with E-state index in [9.17, 15) is 4.79 Å². The number of amidine groups is 1. The second-order valence-electron chi connectivity index (χ2n) is 3.65. The van der Waals surface area contributed by atoms with Gasteiger partial charge in [-0.15, -0.1) is 0 Å². The van der Waals surface area contributed by atoms with Crippen molar-refractivity contribution >= 4 is 22.8 Å². The predicted octanol–water partition coefficient (Wildman–Crippen LogP) is 0.579. The lowest BCUT2D eigenvalue weighted by molar-refractivity contribution is -0.119. The lowest BCUT2D eigenvalue weighted by Gasteiger charge is -2.20. The van der Waals surface area contributed by atoms with Crippen LogP contribution in [0.25, 0.3) is 0 Å². The van der Waals surface area contributed by atoms with Crippen LogP contribution in [0.15, 0.2) is 4.99 Å². The highest BCUT2D eigenvalue weighted by atomic mass is 32.2. The number of aliphatic imine (C=N–C) groups is 1. The highest BCUT2D eigenvalue weighted by molar-refractivity contribution is 8.14. The summed E-state index contributed by atoms with van der Waals surface area (Å²) in [5, 5.41) is 3.26. The minimum absolute atomic E-state index is 0.0240.